The summed E-state index contributed by atoms with van der Waals surface area (Å²) in [5.74, 6) is -0.0151. The van der Waals surface area contributed by atoms with E-state index in [0.29, 0.717) is 15.7 Å². The fourth-order valence-corrected chi connectivity index (χ4v) is 3.17. The molecule has 110 valence electrons. The van der Waals surface area contributed by atoms with E-state index in [4.69, 9.17) is 23.2 Å². The van der Waals surface area contributed by atoms with Gasteiger partial charge in [0.1, 0.15) is 0 Å². The van der Waals surface area contributed by atoms with Crippen molar-refractivity contribution in [1.29, 1.82) is 0 Å². The van der Waals surface area contributed by atoms with Gasteiger partial charge in [-0.25, -0.2) is 0 Å². The molecule has 20 heavy (non-hydrogen) atoms. The Morgan fingerprint density at radius 3 is 2.75 bits per heavy atom. The molecule has 1 unspecified atom stereocenters. The standard InChI is InChI=1S/C15H20Cl2N2O/c1-3-5-15(6-4-7-18-15)14(20)19-13-9-11(16)10(2)8-12(13)17/h8-9,18H,3-7H2,1-2H3,(H,19,20). The van der Waals surface area contributed by atoms with E-state index in [1.54, 1.807) is 12.1 Å². The fourth-order valence-electron chi connectivity index (χ4n) is 2.74. The normalized spacial score (nSPS) is 22.0. The number of rotatable bonds is 4. The molecule has 1 amide bonds. The number of hydrogen-bond donors (Lipinski definition) is 2. The summed E-state index contributed by atoms with van der Waals surface area (Å²) in [7, 11) is 0. The molecule has 0 spiro atoms. The molecule has 0 saturated carbocycles. The second-order valence-corrected chi connectivity index (χ2v) is 6.21. The monoisotopic (exact) mass is 314 g/mol. The number of aryl methyl sites for hydroxylation is 1. The van der Waals surface area contributed by atoms with E-state index < -0.39 is 5.54 Å². The minimum absolute atomic E-state index is 0.0151. The lowest BCUT2D eigenvalue weighted by Gasteiger charge is -2.28. The van der Waals surface area contributed by atoms with Crippen molar-refractivity contribution >= 4 is 34.8 Å². The van der Waals surface area contributed by atoms with Gasteiger partial charge in [0.25, 0.3) is 0 Å². The highest BCUT2D eigenvalue weighted by Gasteiger charge is 2.40. The minimum atomic E-state index is -0.463. The van der Waals surface area contributed by atoms with Crippen LogP contribution in [0.3, 0.4) is 0 Å². The van der Waals surface area contributed by atoms with Crippen molar-refractivity contribution in [3.05, 3.63) is 27.7 Å². The molecule has 5 heteroatoms. The lowest BCUT2D eigenvalue weighted by molar-refractivity contribution is -0.122. The van der Waals surface area contributed by atoms with Crippen molar-refractivity contribution in [2.75, 3.05) is 11.9 Å². The average Bonchev–Trinajstić information content (AvgIpc) is 2.86. The summed E-state index contributed by atoms with van der Waals surface area (Å²) >= 11 is 12.3. The van der Waals surface area contributed by atoms with E-state index in [-0.39, 0.29) is 5.91 Å². The Bertz CT molecular complexity index is 511. The SMILES string of the molecule is CCCC1(C(=O)Nc2cc(Cl)c(C)cc2Cl)CCCN1. The van der Waals surface area contributed by atoms with Crippen LogP contribution >= 0.6 is 23.2 Å². The fraction of sp³-hybridized carbons (Fsp3) is 0.533. The third-order valence-electron chi connectivity index (χ3n) is 3.85. The van der Waals surface area contributed by atoms with Gasteiger partial charge in [0, 0.05) is 5.02 Å². The molecule has 2 rings (SSSR count). The molecule has 0 bridgehead atoms. The first-order valence-electron chi connectivity index (χ1n) is 7.00. The second kappa shape index (κ2) is 6.33. The van der Waals surface area contributed by atoms with Crippen LogP contribution in [0.4, 0.5) is 5.69 Å². The maximum Gasteiger partial charge on any atom is 0.244 e. The highest BCUT2D eigenvalue weighted by molar-refractivity contribution is 6.36. The highest BCUT2D eigenvalue weighted by atomic mass is 35.5. The Morgan fingerprint density at radius 1 is 1.40 bits per heavy atom. The van der Waals surface area contributed by atoms with Gasteiger partial charge in [0.05, 0.1) is 16.2 Å². The van der Waals surface area contributed by atoms with Crippen LogP contribution < -0.4 is 10.6 Å². The van der Waals surface area contributed by atoms with Crippen LogP contribution in [0, 0.1) is 6.92 Å². The third-order valence-corrected chi connectivity index (χ3v) is 4.57. The van der Waals surface area contributed by atoms with Crippen LogP contribution in [-0.2, 0) is 4.79 Å². The molecule has 1 fully saturated rings. The molecule has 0 radical (unpaired) electrons. The van der Waals surface area contributed by atoms with Crippen LogP contribution in [0.2, 0.25) is 10.0 Å². The first-order valence-corrected chi connectivity index (χ1v) is 7.76. The van der Waals surface area contributed by atoms with E-state index in [1.165, 1.54) is 0 Å². The van der Waals surface area contributed by atoms with Crippen molar-refractivity contribution < 1.29 is 4.79 Å². The van der Waals surface area contributed by atoms with Crippen LogP contribution in [0.25, 0.3) is 0 Å². The number of hydrogen-bond acceptors (Lipinski definition) is 2. The van der Waals surface area contributed by atoms with E-state index >= 15 is 0 Å². The molecule has 1 saturated heterocycles. The summed E-state index contributed by atoms with van der Waals surface area (Å²) in [4.78, 5) is 12.6. The van der Waals surface area contributed by atoms with Crippen LogP contribution in [0.5, 0.6) is 0 Å². The van der Waals surface area contributed by atoms with Crippen molar-refractivity contribution in [2.45, 2.75) is 45.1 Å². The number of nitrogens with one attached hydrogen (secondary N) is 2. The Hall–Kier alpha value is -0.770. The number of halogens is 2. The Labute approximate surface area is 130 Å². The lowest BCUT2D eigenvalue weighted by atomic mass is 9.90. The summed E-state index contributed by atoms with van der Waals surface area (Å²) in [6.45, 7) is 4.86. The van der Waals surface area contributed by atoms with Gasteiger partial charge in [-0.15, -0.1) is 0 Å². The molecule has 1 aromatic carbocycles. The van der Waals surface area contributed by atoms with Crippen molar-refractivity contribution in [3.63, 3.8) is 0 Å². The van der Waals surface area contributed by atoms with Gasteiger partial charge < -0.3 is 10.6 Å². The predicted octanol–water partition coefficient (Wildman–Crippen LogP) is 4.16. The second-order valence-electron chi connectivity index (χ2n) is 5.40. The molecule has 1 atom stereocenters. The van der Waals surface area contributed by atoms with E-state index in [1.807, 2.05) is 6.92 Å². The summed E-state index contributed by atoms with van der Waals surface area (Å²) < 4.78 is 0. The number of benzene rings is 1. The van der Waals surface area contributed by atoms with Crippen LogP contribution in [0.15, 0.2) is 12.1 Å². The van der Waals surface area contributed by atoms with Gasteiger partial charge in [-0.3, -0.25) is 4.79 Å². The van der Waals surface area contributed by atoms with Crippen molar-refractivity contribution in [2.24, 2.45) is 0 Å². The highest BCUT2D eigenvalue weighted by Crippen LogP contribution is 2.31. The molecule has 1 heterocycles. The van der Waals surface area contributed by atoms with Crippen LogP contribution in [0.1, 0.15) is 38.2 Å². The number of anilines is 1. The Kier molecular flexibility index (Phi) is 4.95. The predicted molar refractivity (Wildman–Crippen MR) is 84.7 cm³/mol. The van der Waals surface area contributed by atoms with Gasteiger partial charge in [0.2, 0.25) is 5.91 Å². The molecular formula is C15H20Cl2N2O. The van der Waals surface area contributed by atoms with Crippen LogP contribution in [-0.4, -0.2) is 18.0 Å². The number of amides is 1. The van der Waals surface area contributed by atoms with E-state index in [0.717, 1.165) is 37.8 Å². The molecular weight excluding hydrogens is 295 g/mol. The molecule has 1 aliphatic heterocycles. The third kappa shape index (κ3) is 3.11. The molecule has 1 aliphatic rings. The van der Waals surface area contributed by atoms with E-state index in [2.05, 4.69) is 17.6 Å². The zero-order valence-corrected chi connectivity index (χ0v) is 13.4. The first kappa shape index (κ1) is 15.6. The van der Waals surface area contributed by atoms with Gasteiger partial charge in [-0.05, 0) is 50.4 Å². The molecule has 3 nitrogen and oxygen atoms in total. The largest absolute Gasteiger partial charge is 0.323 e. The Morgan fingerprint density at radius 2 is 2.15 bits per heavy atom. The zero-order chi connectivity index (χ0) is 14.8. The van der Waals surface area contributed by atoms with Gasteiger partial charge >= 0.3 is 0 Å². The van der Waals surface area contributed by atoms with E-state index in [9.17, 15) is 4.79 Å². The van der Waals surface area contributed by atoms with Crippen molar-refractivity contribution in [1.82, 2.24) is 5.32 Å². The van der Waals surface area contributed by atoms with Gasteiger partial charge in [-0.1, -0.05) is 36.5 Å². The number of carbonyl (C=O) groups is 1. The minimum Gasteiger partial charge on any atom is -0.323 e. The quantitative estimate of drug-likeness (QED) is 0.876. The molecule has 0 aromatic heterocycles. The molecule has 2 N–H and O–H groups in total. The molecule has 1 aromatic rings. The summed E-state index contributed by atoms with van der Waals surface area (Å²) in [5, 5.41) is 7.40. The summed E-state index contributed by atoms with van der Waals surface area (Å²) in [6.07, 6.45) is 3.68. The maximum absolute atomic E-state index is 12.6. The Balaban J connectivity index is 2.20. The maximum atomic E-state index is 12.6. The zero-order valence-electron chi connectivity index (χ0n) is 11.9. The summed E-state index contributed by atoms with van der Waals surface area (Å²) in [5.41, 5.74) is 1.02. The number of carbonyl (C=O) groups excluding carboxylic acids is 1. The topological polar surface area (TPSA) is 41.1 Å². The first-order chi connectivity index (χ1) is 9.48. The van der Waals surface area contributed by atoms with Gasteiger partial charge in [-0.2, -0.15) is 0 Å². The van der Waals surface area contributed by atoms with Crippen molar-refractivity contribution in [3.8, 4) is 0 Å². The average molecular weight is 315 g/mol. The summed E-state index contributed by atoms with van der Waals surface area (Å²) in [6, 6.07) is 3.49. The molecule has 0 aliphatic carbocycles. The lowest BCUT2D eigenvalue weighted by Crippen LogP contribution is -2.50. The van der Waals surface area contributed by atoms with Gasteiger partial charge in [0.15, 0.2) is 0 Å². The smallest absolute Gasteiger partial charge is 0.244 e.